The van der Waals surface area contributed by atoms with Gasteiger partial charge in [-0.1, -0.05) is 113 Å². The second-order valence-corrected chi connectivity index (χ2v) is 19.7. The van der Waals surface area contributed by atoms with Crippen LogP contribution in [0.15, 0.2) is 152 Å². The third-order valence-electron chi connectivity index (χ3n) is 14.9. The molecule has 0 saturated heterocycles. The zero-order valence-electron chi connectivity index (χ0n) is 37.1. The number of aromatic nitrogens is 2. The molecule has 0 N–H and O–H groups in total. The number of para-hydroxylation sites is 4. The summed E-state index contributed by atoms with van der Waals surface area (Å²) in [5.74, 6) is 2.46. The molecule has 0 unspecified atom stereocenters. The first-order chi connectivity index (χ1) is 31.1. The van der Waals surface area contributed by atoms with Crippen LogP contribution >= 0.6 is 0 Å². The van der Waals surface area contributed by atoms with Gasteiger partial charge in [0.2, 0.25) is 5.88 Å². The van der Waals surface area contributed by atoms with Gasteiger partial charge >= 0.3 is 0 Å². The Balaban J connectivity index is 1.11. The number of ether oxygens (including phenoxy) is 1. The lowest BCUT2D eigenvalue weighted by Crippen LogP contribution is -2.64. The highest BCUT2D eigenvalue weighted by Gasteiger charge is 2.49. The highest BCUT2D eigenvalue weighted by molar-refractivity contribution is 7.02. The van der Waals surface area contributed by atoms with Crippen LogP contribution in [-0.2, 0) is 10.8 Å². The van der Waals surface area contributed by atoms with E-state index in [4.69, 9.17) is 14.7 Å². The van der Waals surface area contributed by atoms with Gasteiger partial charge in [-0.15, -0.1) is 0 Å². The molecule has 0 atom stereocenters. The van der Waals surface area contributed by atoms with Gasteiger partial charge in [0.25, 0.3) is 13.4 Å². The first kappa shape index (κ1) is 37.5. The summed E-state index contributed by atoms with van der Waals surface area (Å²) in [4.78, 5) is 18.0. The molecule has 0 radical (unpaired) electrons. The molecular weight excluding hydrogens is 780 g/mol. The zero-order chi connectivity index (χ0) is 43.2. The van der Waals surface area contributed by atoms with E-state index in [0.717, 1.165) is 80.8 Å². The molecule has 0 bridgehead atoms. The lowest BCUT2D eigenvalue weighted by molar-refractivity contribution is 0.332. The number of aryl methyl sites for hydroxylation is 2. The van der Waals surface area contributed by atoms with E-state index in [-0.39, 0.29) is 24.3 Å². The van der Waals surface area contributed by atoms with Crippen molar-refractivity contribution in [3.8, 4) is 11.6 Å². The maximum atomic E-state index is 7.18. The first-order valence-electron chi connectivity index (χ1n) is 22.8. The van der Waals surface area contributed by atoms with E-state index in [0.29, 0.717) is 5.88 Å². The molecule has 6 nitrogen and oxygen atoms in total. The number of nitrogens with zero attached hydrogens (tertiary/aromatic N) is 5. The fraction of sp³-hybridized carbons (Fsp3) is 0.179. The second kappa shape index (κ2) is 13.2. The van der Waals surface area contributed by atoms with Gasteiger partial charge in [-0.05, 0) is 137 Å². The van der Waals surface area contributed by atoms with Crippen LogP contribution < -0.4 is 52.2 Å². The fourth-order valence-corrected chi connectivity index (χ4v) is 11.8. The van der Waals surface area contributed by atoms with Crippen LogP contribution in [0.5, 0.6) is 11.6 Å². The summed E-state index contributed by atoms with van der Waals surface area (Å²) >= 11 is 0. The molecule has 6 heterocycles. The van der Waals surface area contributed by atoms with Crippen molar-refractivity contribution < 1.29 is 4.74 Å². The van der Waals surface area contributed by atoms with E-state index in [2.05, 4.69) is 208 Å². The number of benzene rings is 6. The van der Waals surface area contributed by atoms with Crippen LogP contribution in [0.3, 0.4) is 0 Å². The molecule has 1 aliphatic carbocycles. The van der Waals surface area contributed by atoms with Gasteiger partial charge in [-0.25, -0.2) is 9.97 Å². The first-order valence-corrected chi connectivity index (χ1v) is 22.8. The Morgan fingerprint density at radius 2 is 1.00 bits per heavy atom. The van der Waals surface area contributed by atoms with E-state index in [9.17, 15) is 0 Å². The monoisotopic (exact) mass is 827 g/mol. The van der Waals surface area contributed by atoms with Crippen molar-refractivity contribution in [3.63, 3.8) is 0 Å². The van der Waals surface area contributed by atoms with E-state index in [1.165, 1.54) is 44.4 Å². The Bertz CT molecular complexity index is 3280. The minimum absolute atomic E-state index is 0.0242. The summed E-state index contributed by atoms with van der Waals surface area (Å²) in [5.41, 5.74) is 21.1. The topological polar surface area (TPSA) is 44.7 Å². The van der Waals surface area contributed by atoms with E-state index >= 15 is 0 Å². The molecule has 8 aromatic rings. The molecule has 2 aromatic heterocycles. The van der Waals surface area contributed by atoms with Gasteiger partial charge in [0.1, 0.15) is 11.6 Å². The van der Waals surface area contributed by atoms with Crippen molar-refractivity contribution >= 4 is 97.5 Å². The predicted molar refractivity (Wildman–Crippen MR) is 267 cm³/mol. The smallest absolute Gasteiger partial charge is 0.258 e. The van der Waals surface area contributed by atoms with Crippen LogP contribution in [0.1, 0.15) is 63.1 Å². The Morgan fingerprint density at radius 1 is 0.453 bits per heavy atom. The van der Waals surface area contributed by atoms with Crippen LogP contribution in [0.25, 0.3) is 0 Å². The Labute approximate surface area is 376 Å². The molecule has 6 aromatic carbocycles. The van der Waals surface area contributed by atoms with Crippen LogP contribution in [-0.4, -0.2) is 23.4 Å². The minimum Gasteiger partial charge on any atom is -0.440 e. The number of hydrogen-bond donors (Lipinski definition) is 0. The molecule has 5 aliphatic rings. The lowest BCUT2D eigenvalue weighted by atomic mass is 9.31. The van der Waals surface area contributed by atoms with Crippen molar-refractivity contribution in [1.82, 2.24) is 9.97 Å². The molecule has 0 amide bonds. The summed E-state index contributed by atoms with van der Waals surface area (Å²) in [7, 11) is 0. The molecule has 308 valence electrons. The Kier molecular flexibility index (Phi) is 7.76. The van der Waals surface area contributed by atoms with Gasteiger partial charge in [0.05, 0.1) is 0 Å². The minimum atomic E-state index is -0.0970. The number of hydrogen-bond acceptors (Lipinski definition) is 6. The molecule has 64 heavy (non-hydrogen) atoms. The number of rotatable bonds is 3. The van der Waals surface area contributed by atoms with Crippen molar-refractivity contribution in [2.75, 3.05) is 14.7 Å². The van der Waals surface area contributed by atoms with Gasteiger partial charge in [-0.3, -0.25) is 4.90 Å². The van der Waals surface area contributed by atoms with E-state index in [1.54, 1.807) is 0 Å². The normalized spacial score (nSPS) is 16.4. The maximum Gasteiger partial charge on any atom is 0.258 e. The molecule has 13 rings (SSSR count). The molecular formula is C56H47B2N5O. The third kappa shape index (κ3) is 5.23. The largest absolute Gasteiger partial charge is 0.440 e. The average molecular weight is 828 g/mol. The lowest BCUT2D eigenvalue weighted by Gasteiger charge is -2.45. The van der Waals surface area contributed by atoms with Crippen molar-refractivity contribution in [2.45, 2.75) is 65.2 Å². The number of fused-ring (bicyclic) bond motifs is 9. The quantitative estimate of drug-likeness (QED) is 0.165. The Hall–Kier alpha value is -7.05. The molecule has 8 heteroatoms. The summed E-state index contributed by atoms with van der Waals surface area (Å²) in [6, 6.07) is 55.9. The number of pyridine rings is 2. The second-order valence-electron chi connectivity index (χ2n) is 19.7. The highest BCUT2D eigenvalue weighted by atomic mass is 16.5. The van der Waals surface area contributed by atoms with Gasteiger partial charge in [0, 0.05) is 68.4 Å². The summed E-state index contributed by atoms with van der Waals surface area (Å²) in [6.45, 7) is 13.7. The third-order valence-corrected chi connectivity index (χ3v) is 14.9. The van der Waals surface area contributed by atoms with Gasteiger partial charge in [0.15, 0.2) is 0 Å². The van der Waals surface area contributed by atoms with Gasteiger partial charge < -0.3 is 14.5 Å². The Morgan fingerprint density at radius 3 is 1.64 bits per heavy atom. The summed E-state index contributed by atoms with van der Waals surface area (Å²) in [5, 5.41) is 0. The van der Waals surface area contributed by atoms with Gasteiger partial charge in [-0.2, -0.15) is 0 Å². The van der Waals surface area contributed by atoms with E-state index < -0.39 is 0 Å². The zero-order valence-corrected chi connectivity index (χ0v) is 37.1. The molecule has 0 spiro atoms. The fourth-order valence-electron chi connectivity index (χ4n) is 11.8. The van der Waals surface area contributed by atoms with Crippen LogP contribution in [0, 0.1) is 13.8 Å². The predicted octanol–water partition coefficient (Wildman–Crippen LogP) is 9.93. The van der Waals surface area contributed by atoms with E-state index in [1.807, 2.05) is 0 Å². The SMILES string of the molecule is Cc1cc2c3c(n1)Oc1cc4c(cc1B3c1ccccc1N2c1ccccc1)B1c2ccccc2N(c2ccccc2)c2cc(C)nc(c21)N4c1ccc2c(c1)C(C)(C)CCC2(C)C. The standard InChI is InChI=1S/C56H47B2N5O/c1-34-29-48-51-53(59-34)63(38-25-26-39-40(31-38)56(5,6)28-27-55(39,3)4)47-33-50-44(32-43(47)57(51)41-21-13-15-23-45(41)61(48)36-17-9-7-10-18-36)58-42-22-14-16-24-46(42)62(37-19-11-8-12-20-37)49-30-35(2)60-54(64-50)52(49)58/h7-26,29-33H,27-28H2,1-6H3. The molecule has 0 fully saturated rings. The van der Waals surface area contributed by atoms with Crippen molar-refractivity contribution in [2.24, 2.45) is 0 Å². The van der Waals surface area contributed by atoms with Crippen molar-refractivity contribution in [3.05, 3.63) is 174 Å². The number of anilines is 9. The highest BCUT2D eigenvalue weighted by Crippen LogP contribution is 2.50. The summed E-state index contributed by atoms with van der Waals surface area (Å²) < 4.78 is 7.18. The van der Waals surface area contributed by atoms with Crippen LogP contribution in [0.2, 0.25) is 0 Å². The van der Waals surface area contributed by atoms with Crippen molar-refractivity contribution in [1.29, 1.82) is 0 Å². The maximum absolute atomic E-state index is 7.18. The molecule has 4 aliphatic heterocycles. The summed E-state index contributed by atoms with van der Waals surface area (Å²) in [6.07, 6.45) is 2.30. The average Bonchev–Trinajstić information content (AvgIpc) is 3.30. The van der Waals surface area contributed by atoms with Crippen LogP contribution in [0.4, 0.5) is 51.3 Å². The molecule has 0 saturated carbocycles.